The molecule has 1 aromatic carbocycles. The third kappa shape index (κ3) is 3.23. The first-order valence-corrected chi connectivity index (χ1v) is 6.76. The van der Waals surface area contributed by atoms with Crippen molar-refractivity contribution in [2.45, 2.75) is 33.1 Å². The minimum Gasteiger partial charge on any atom is -0.324 e. The van der Waals surface area contributed by atoms with Gasteiger partial charge < -0.3 is 10.6 Å². The standard InChI is InChI=1S/C15H18N2O3/c1-3-9(2)6-13(18)10-4-5-11-12(7-10)17-15(20)8-14(19)16-11/h4-5,7,9H,3,6,8H2,1-2H3,(H,16,19)(H,17,20). The number of hydrogen-bond acceptors (Lipinski definition) is 3. The molecule has 1 atom stereocenters. The van der Waals surface area contributed by atoms with Crippen molar-refractivity contribution in [3.8, 4) is 0 Å². The Labute approximate surface area is 117 Å². The number of ketones is 1. The molecule has 1 aliphatic rings. The number of fused-ring (bicyclic) bond motifs is 1. The fourth-order valence-corrected chi connectivity index (χ4v) is 2.04. The number of rotatable bonds is 4. The Morgan fingerprint density at radius 1 is 1.20 bits per heavy atom. The lowest BCUT2D eigenvalue weighted by Gasteiger charge is -2.11. The molecular weight excluding hydrogens is 256 g/mol. The SMILES string of the molecule is CCC(C)CC(=O)c1ccc2c(c1)NC(=O)CC(=O)N2. The van der Waals surface area contributed by atoms with E-state index in [-0.39, 0.29) is 24.0 Å². The molecule has 0 saturated heterocycles. The average molecular weight is 274 g/mol. The van der Waals surface area contributed by atoms with Crippen molar-refractivity contribution in [3.05, 3.63) is 23.8 Å². The Morgan fingerprint density at radius 2 is 1.85 bits per heavy atom. The number of carbonyl (C=O) groups excluding carboxylic acids is 3. The number of Topliss-reactive ketones (excluding diaryl/α,β-unsaturated/α-hetero) is 1. The minimum atomic E-state index is -0.368. The van der Waals surface area contributed by atoms with Crippen molar-refractivity contribution < 1.29 is 14.4 Å². The van der Waals surface area contributed by atoms with Crippen molar-refractivity contribution in [1.29, 1.82) is 0 Å². The molecule has 1 aliphatic heterocycles. The Hall–Kier alpha value is -2.17. The first kappa shape index (κ1) is 14.2. The molecule has 0 aromatic heterocycles. The molecule has 2 amide bonds. The molecule has 0 radical (unpaired) electrons. The first-order chi connectivity index (χ1) is 9.49. The maximum atomic E-state index is 12.1. The lowest BCUT2D eigenvalue weighted by atomic mass is 9.97. The fourth-order valence-electron chi connectivity index (χ4n) is 2.04. The van der Waals surface area contributed by atoms with Crippen LogP contribution in [0.15, 0.2) is 18.2 Å². The molecule has 1 unspecified atom stereocenters. The third-order valence-electron chi connectivity index (χ3n) is 3.44. The van der Waals surface area contributed by atoms with Crippen LogP contribution in [0, 0.1) is 5.92 Å². The van der Waals surface area contributed by atoms with Gasteiger partial charge in [-0.05, 0) is 24.1 Å². The van der Waals surface area contributed by atoms with E-state index >= 15 is 0 Å². The normalized spacial score (nSPS) is 15.7. The fraction of sp³-hybridized carbons (Fsp3) is 0.400. The van der Waals surface area contributed by atoms with Gasteiger partial charge in [0.1, 0.15) is 6.42 Å². The van der Waals surface area contributed by atoms with Crippen LogP contribution < -0.4 is 10.6 Å². The summed E-state index contributed by atoms with van der Waals surface area (Å²) in [6.07, 6.45) is 1.23. The second-order valence-corrected chi connectivity index (χ2v) is 5.17. The summed E-state index contributed by atoms with van der Waals surface area (Å²) in [5, 5.41) is 5.28. The van der Waals surface area contributed by atoms with Gasteiger partial charge in [0.2, 0.25) is 11.8 Å². The van der Waals surface area contributed by atoms with Gasteiger partial charge in [-0.1, -0.05) is 20.3 Å². The monoisotopic (exact) mass is 274 g/mol. The maximum absolute atomic E-state index is 12.1. The van der Waals surface area contributed by atoms with Crippen LogP contribution >= 0.6 is 0 Å². The minimum absolute atomic E-state index is 0.0481. The maximum Gasteiger partial charge on any atom is 0.233 e. The summed E-state index contributed by atoms with van der Waals surface area (Å²) in [5.41, 5.74) is 1.57. The van der Waals surface area contributed by atoms with Gasteiger partial charge in [0.25, 0.3) is 0 Å². The number of nitrogens with one attached hydrogen (secondary N) is 2. The Balaban J connectivity index is 2.25. The highest BCUT2D eigenvalue weighted by atomic mass is 16.2. The number of hydrogen-bond donors (Lipinski definition) is 2. The van der Waals surface area contributed by atoms with E-state index < -0.39 is 0 Å². The molecule has 5 heteroatoms. The van der Waals surface area contributed by atoms with E-state index in [1.54, 1.807) is 18.2 Å². The summed E-state index contributed by atoms with van der Waals surface area (Å²) in [6, 6.07) is 4.97. The Kier molecular flexibility index (Phi) is 4.17. The van der Waals surface area contributed by atoms with Crippen molar-refractivity contribution in [2.75, 3.05) is 10.6 Å². The molecule has 1 heterocycles. The van der Waals surface area contributed by atoms with Crippen molar-refractivity contribution in [1.82, 2.24) is 0 Å². The molecule has 1 aromatic rings. The molecule has 0 saturated carbocycles. The molecular formula is C15H18N2O3. The summed E-state index contributed by atoms with van der Waals surface area (Å²) in [4.78, 5) is 35.1. The highest BCUT2D eigenvalue weighted by Crippen LogP contribution is 2.27. The van der Waals surface area contributed by atoms with E-state index in [2.05, 4.69) is 10.6 Å². The van der Waals surface area contributed by atoms with Crippen LogP contribution in [0.4, 0.5) is 11.4 Å². The molecule has 0 bridgehead atoms. The highest BCUT2D eigenvalue weighted by Gasteiger charge is 2.19. The van der Waals surface area contributed by atoms with E-state index in [1.807, 2.05) is 13.8 Å². The van der Waals surface area contributed by atoms with Gasteiger partial charge in [-0.15, -0.1) is 0 Å². The summed E-state index contributed by atoms with van der Waals surface area (Å²) in [6.45, 7) is 4.08. The highest BCUT2D eigenvalue weighted by molar-refractivity contribution is 6.14. The average Bonchev–Trinajstić information content (AvgIpc) is 2.53. The molecule has 20 heavy (non-hydrogen) atoms. The summed E-state index contributed by atoms with van der Waals surface area (Å²) >= 11 is 0. The number of benzene rings is 1. The van der Waals surface area contributed by atoms with Crippen LogP contribution in [0.3, 0.4) is 0 Å². The second kappa shape index (κ2) is 5.86. The number of amides is 2. The topological polar surface area (TPSA) is 75.3 Å². The lowest BCUT2D eigenvalue weighted by molar-refractivity contribution is -0.123. The zero-order valence-corrected chi connectivity index (χ0v) is 11.7. The van der Waals surface area contributed by atoms with Crippen LogP contribution in [0.5, 0.6) is 0 Å². The third-order valence-corrected chi connectivity index (χ3v) is 3.44. The number of anilines is 2. The molecule has 0 aliphatic carbocycles. The summed E-state index contributed by atoms with van der Waals surface area (Å²) < 4.78 is 0. The van der Waals surface area contributed by atoms with Gasteiger partial charge in [0, 0.05) is 12.0 Å². The Morgan fingerprint density at radius 3 is 2.50 bits per heavy atom. The first-order valence-electron chi connectivity index (χ1n) is 6.76. The summed E-state index contributed by atoms with van der Waals surface area (Å²) in [7, 11) is 0. The van der Waals surface area contributed by atoms with E-state index in [9.17, 15) is 14.4 Å². The Bertz CT molecular complexity index is 566. The van der Waals surface area contributed by atoms with E-state index in [1.165, 1.54) is 0 Å². The quantitative estimate of drug-likeness (QED) is 0.654. The van der Waals surface area contributed by atoms with Crippen LogP contribution in [0.1, 0.15) is 43.5 Å². The largest absolute Gasteiger partial charge is 0.324 e. The molecule has 2 N–H and O–H groups in total. The molecule has 2 rings (SSSR count). The lowest BCUT2D eigenvalue weighted by Crippen LogP contribution is -2.16. The molecule has 106 valence electrons. The molecule has 5 nitrogen and oxygen atoms in total. The van der Waals surface area contributed by atoms with Gasteiger partial charge in [0.15, 0.2) is 5.78 Å². The van der Waals surface area contributed by atoms with E-state index in [0.29, 0.717) is 29.3 Å². The van der Waals surface area contributed by atoms with Gasteiger partial charge in [-0.2, -0.15) is 0 Å². The van der Waals surface area contributed by atoms with E-state index in [0.717, 1.165) is 6.42 Å². The van der Waals surface area contributed by atoms with Crippen LogP contribution in [0.2, 0.25) is 0 Å². The number of carbonyl (C=O) groups is 3. The predicted molar refractivity (Wildman–Crippen MR) is 76.7 cm³/mol. The van der Waals surface area contributed by atoms with Gasteiger partial charge in [-0.25, -0.2) is 0 Å². The predicted octanol–water partition coefficient (Wildman–Crippen LogP) is 2.59. The van der Waals surface area contributed by atoms with Gasteiger partial charge in [-0.3, -0.25) is 14.4 Å². The van der Waals surface area contributed by atoms with Crippen molar-refractivity contribution >= 4 is 29.0 Å². The van der Waals surface area contributed by atoms with Crippen LogP contribution in [-0.2, 0) is 9.59 Å². The molecule has 0 fully saturated rings. The zero-order valence-electron chi connectivity index (χ0n) is 11.7. The van der Waals surface area contributed by atoms with Crippen LogP contribution in [-0.4, -0.2) is 17.6 Å². The smallest absolute Gasteiger partial charge is 0.233 e. The van der Waals surface area contributed by atoms with Crippen molar-refractivity contribution in [3.63, 3.8) is 0 Å². The van der Waals surface area contributed by atoms with Crippen molar-refractivity contribution in [2.24, 2.45) is 5.92 Å². The second-order valence-electron chi connectivity index (χ2n) is 5.17. The van der Waals surface area contributed by atoms with Crippen LogP contribution in [0.25, 0.3) is 0 Å². The molecule has 0 spiro atoms. The van der Waals surface area contributed by atoms with Gasteiger partial charge in [0.05, 0.1) is 11.4 Å². The zero-order chi connectivity index (χ0) is 14.7. The van der Waals surface area contributed by atoms with Gasteiger partial charge >= 0.3 is 0 Å². The summed E-state index contributed by atoms with van der Waals surface area (Å²) in [5.74, 6) is -0.338. The van der Waals surface area contributed by atoms with E-state index in [4.69, 9.17) is 0 Å².